The zero-order valence-electron chi connectivity index (χ0n) is 13.3. The van der Waals surface area contributed by atoms with E-state index in [0.29, 0.717) is 0 Å². The summed E-state index contributed by atoms with van der Waals surface area (Å²) in [4.78, 5) is 0. The number of unbranched alkanes of at least 4 members (excludes halogenated alkanes) is 2. The van der Waals surface area contributed by atoms with Gasteiger partial charge < -0.3 is 10.1 Å². The third-order valence-corrected chi connectivity index (χ3v) is 5.25. The lowest BCUT2D eigenvalue weighted by atomic mass is 9.95. The molecule has 3 atom stereocenters. The molecule has 21 heavy (non-hydrogen) atoms. The zero-order valence-corrected chi connectivity index (χ0v) is 13.3. The van der Waals surface area contributed by atoms with Crippen LogP contribution in [0.1, 0.15) is 57.4 Å². The van der Waals surface area contributed by atoms with Gasteiger partial charge in [-0.1, -0.05) is 38.3 Å². The van der Waals surface area contributed by atoms with E-state index in [1.165, 1.54) is 44.1 Å². The third kappa shape index (κ3) is 4.00. The molecule has 2 aliphatic carbocycles. The van der Waals surface area contributed by atoms with E-state index in [4.69, 9.17) is 4.74 Å². The fourth-order valence-electron chi connectivity index (χ4n) is 3.99. The minimum Gasteiger partial charge on any atom is -0.494 e. The van der Waals surface area contributed by atoms with Gasteiger partial charge in [0.15, 0.2) is 0 Å². The Kier molecular flexibility index (Phi) is 5.18. The maximum atomic E-state index is 5.76. The van der Waals surface area contributed by atoms with E-state index in [0.717, 1.165) is 43.2 Å². The van der Waals surface area contributed by atoms with Crippen LogP contribution < -0.4 is 10.1 Å². The molecule has 2 saturated carbocycles. The van der Waals surface area contributed by atoms with Crippen molar-refractivity contribution in [1.82, 2.24) is 5.32 Å². The summed E-state index contributed by atoms with van der Waals surface area (Å²) in [5, 5.41) is 3.77. The minimum atomic E-state index is 0.772. The van der Waals surface area contributed by atoms with Crippen LogP contribution in [-0.4, -0.2) is 12.6 Å². The summed E-state index contributed by atoms with van der Waals surface area (Å²) >= 11 is 0. The van der Waals surface area contributed by atoms with Gasteiger partial charge in [0.05, 0.1) is 6.61 Å². The van der Waals surface area contributed by atoms with Gasteiger partial charge in [-0.3, -0.25) is 0 Å². The van der Waals surface area contributed by atoms with Crippen molar-refractivity contribution in [3.63, 3.8) is 0 Å². The highest BCUT2D eigenvalue weighted by molar-refractivity contribution is 5.27. The molecule has 2 bridgehead atoms. The molecular weight excluding hydrogens is 258 g/mol. The first-order chi connectivity index (χ1) is 10.3. The molecule has 2 heteroatoms. The molecule has 0 amide bonds. The largest absolute Gasteiger partial charge is 0.494 e. The Hall–Kier alpha value is -1.02. The van der Waals surface area contributed by atoms with Crippen molar-refractivity contribution in [2.75, 3.05) is 6.61 Å². The van der Waals surface area contributed by atoms with Crippen LogP contribution in [0.15, 0.2) is 24.3 Å². The van der Waals surface area contributed by atoms with Crippen LogP contribution >= 0.6 is 0 Å². The number of nitrogens with one attached hydrogen (secondary N) is 1. The Morgan fingerprint density at radius 1 is 1.10 bits per heavy atom. The molecule has 2 aliphatic rings. The predicted molar refractivity (Wildman–Crippen MR) is 87.5 cm³/mol. The van der Waals surface area contributed by atoms with Gasteiger partial charge >= 0.3 is 0 Å². The Bertz CT molecular complexity index is 428. The van der Waals surface area contributed by atoms with Gasteiger partial charge in [-0.15, -0.1) is 0 Å². The van der Waals surface area contributed by atoms with E-state index in [1.807, 2.05) is 0 Å². The van der Waals surface area contributed by atoms with Gasteiger partial charge in [-0.2, -0.15) is 0 Å². The molecular formula is C19H29NO. The number of rotatable bonds is 8. The highest BCUT2D eigenvalue weighted by Crippen LogP contribution is 2.44. The van der Waals surface area contributed by atoms with Gasteiger partial charge in [0.1, 0.15) is 5.75 Å². The van der Waals surface area contributed by atoms with Crippen molar-refractivity contribution in [1.29, 1.82) is 0 Å². The molecule has 116 valence electrons. The Morgan fingerprint density at radius 3 is 2.62 bits per heavy atom. The number of benzene rings is 1. The molecule has 0 saturated heterocycles. The number of ether oxygens (including phenoxy) is 1. The average molecular weight is 287 g/mol. The van der Waals surface area contributed by atoms with Crippen molar-refractivity contribution >= 4 is 0 Å². The van der Waals surface area contributed by atoms with E-state index >= 15 is 0 Å². The van der Waals surface area contributed by atoms with Crippen molar-refractivity contribution in [2.24, 2.45) is 11.8 Å². The third-order valence-electron chi connectivity index (χ3n) is 5.25. The zero-order chi connectivity index (χ0) is 14.5. The molecule has 1 aromatic rings. The predicted octanol–water partition coefficient (Wildman–Crippen LogP) is 4.53. The van der Waals surface area contributed by atoms with Crippen LogP contribution in [0, 0.1) is 11.8 Å². The second-order valence-electron chi connectivity index (χ2n) is 6.86. The topological polar surface area (TPSA) is 21.3 Å². The van der Waals surface area contributed by atoms with Gasteiger partial charge in [-0.25, -0.2) is 0 Å². The van der Waals surface area contributed by atoms with Crippen molar-refractivity contribution in [2.45, 2.75) is 64.5 Å². The van der Waals surface area contributed by atoms with Gasteiger partial charge in [-0.05, 0) is 55.2 Å². The SMILES string of the molecule is CCCCCOc1ccc(CNC2CC3CCC2C3)cc1. The summed E-state index contributed by atoms with van der Waals surface area (Å²) < 4.78 is 5.76. The lowest BCUT2D eigenvalue weighted by Crippen LogP contribution is -2.33. The second kappa shape index (κ2) is 7.31. The Balaban J connectivity index is 1.40. The van der Waals surface area contributed by atoms with Gasteiger partial charge in [0, 0.05) is 12.6 Å². The number of hydrogen-bond acceptors (Lipinski definition) is 2. The van der Waals surface area contributed by atoms with Gasteiger partial charge in [0.25, 0.3) is 0 Å². The smallest absolute Gasteiger partial charge is 0.119 e. The van der Waals surface area contributed by atoms with E-state index in [9.17, 15) is 0 Å². The second-order valence-corrected chi connectivity index (χ2v) is 6.86. The summed E-state index contributed by atoms with van der Waals surface area (Å²) in [5.41, 5.74) is 1.37. The molecule has 3 rings (SSSR count). The lowest BCUT2D eigenvalue weighted by Gasteiger charge is -2.23. The molecule has 3 unspecified atom stereocenters. The van der Waals surface area contributed by atoms with Crippen molar-refractivity contribution in [3.8, 4) is 5.75 Å². The molecule has 0 aliphatic heterocycles. The number of fused-ring (bicyclic) bond motifs is 2. The molecule has 1 N–H and O–H groups in total. The molecule has 2 nitrogen and oxygen atoms in total. The Morgan fingerprint density at radius 2 is 1.95 bits per heavy atom. The maximum Gasteiger partial charge on any atom is 0.119 e. The maximum absolute atomic E-state index is 5.76. The molecule has 0 radical (unpaired) electrons. The van der Waals surface area contributed by atoms with Crippen LogP contribution in [0.3, 0.4) is 0 Å². The molecule has 0 spiro atoms. The fraction of sp³-hybridized carbons (Fsp3) is 0.684. The summed E-state index contributed by atoms with van der Waals surface area (Å²) in [5.74, 6) is 2.98. The number of hydrogen-bond donors (Lipinski definition) is 1. The van der Waals surface area contributed by atoms with Crippen LogP contribution in [0.25, 0.3) is 0 Å². The molecule has 0 heterocycles. The van der Waals surface area contributed by atoms with Gasteiger partial charge in [0.2, 0.25) is 0 Å². The molecule has 0 aromatic heterocycles. The van der Waals surface area contributed by atoms with Crippen LogP contribution in [0.4, 0.5) is 0 Å². The van der Waals surface area contributed by atoms with Crippen LogP contribution in [-0.2, 0) is 6.54 Å². The van der Waals surface area contributed by atoms with Crippen LogP contribution in [0.5, 0.6) is 5.75 Å². The first kappa shape index (κ1) is 14.9. The highest BCUT2D eigenvalue weighted by Gasteiger charge is 2.38. The van der Waals surface area contributed by atoms with Crippen molar-refractivity contribution in [3.05, 3.63) is 29.8 Å². The van der Waals surface area contributed by atoms with Crippen molar-refractivity contribution < 1.29 is 4.74 Å². The first-order valence-electron chi connectivity index (χ1n) is 8.80. The standard InChI is InChI=1S/C19H29NO/c1-2-3-4-11-21-18-9-6-15(7-10-18)14-20-19-13-16-5-8-17(19)12-16/h6-7,9-10,16-17,19-20H,2-5,8,11-14H2,1H3. The molecule has 2 fully saturated rings. The average Bonchev–Trinajstić information content (AvgIpc) is 3.13. The summed E-state index contributed by atoms with van der Waals surface area (Å²) in [7, 11) is 0. The first-order valence-corrected chi connectivity index (χ1v) is 8.80. The van der Waals surface area contributed by atoms with E-state index in [1.54, 1.807) is 0 Å². The summed E-state index contributed by atoms with van der Waals surface area (Å²) in [6, 6.07) is 9.41. The Labute approximate surface area is 129 Å². The van der Waals surface area contributed by atoms with E-state index in [-0.39, 0.29) is 0 Å². The summed E-state index contributed by atoms with van der Waals surface area (Å²) in [6.07, 6.45) is 9.47. The monoisotopic (exact) mass is 287 g/mol. The quantitative estimate of drug-likeness (QED) is 0.709. The lowest BCUT2D eigenvalue weighted by molar-refractivity contribution is 0.306. The van der Waals surface area contributed by atoms with E-state index in [2.05, 4.69) is 36.5 Å². The fourth-order valence-corrected chi connectivity index (χ4v) is 3.99. The van der Waals surface area contributed by atoms with E-state index < -0.39 is 0 Å². The summed E-state index contributed by atoms with van der Waals surface area (Å²) in [6.45, 7) is 4.07. The molecule has 1 aromatic carbocycles. The van der Waals surface area contributed by atoms with Crippen LogP contribution in [0.2, 0.25) is 0 Å². The highest BCUT2D eigenvalue weighted by atomic mass is 16.5. The minimum absolute atomic E-state index is 0.772. The normalized spacial score (nSPS) is 27.2.